The molecule has 19 heavy (non-hydrogen) atoms. The van der Waals surface area contributed by atoms with E-state index in [1.54, 1.807) is 7.11 Å². The highest BCUT2D eigenvalue weighted by atomic mass is 35.5. The molecule has 0 spiro atoms. The normalized spacial score (nSPS) is 12.5. The van der Waals surface area contributed by atoms with Crippen molar-refractivity contribution in [1.82, 2.24) is 9.29 Å². The molecule has 0 radical (unpaired) electrons. The third-order valence-electron chi connectivity index (χ3n) is 2.88. The van der Waals surface area contributed by atoms with Gasteiger partial charge in [-0.3, -0.25) is 0 Å². The van der Waals surface area contributed by atoms with Crippen LogP contribution in [0.5, 0.6) is 0 Å². The van der Waals surface area contributed by atoms with Crippen LogP contribution >= 0.6 is 22.9 Å². The molecular formula is C11H19ClN2O3S2. The van der Waals surface area contributed by atoms with Gasteiger partial charge < -0.3 is 4.74 Å². The Morgan fingerprint density at radius 1 is 1.47 bits per heavy atom. The van der Waals surface area contributed by atoms with Gasteiger partial charge in [-0.25, -0.2) is 13.4 Å². The van der Waals surface area contributed by atoms with Crippen LogP contribution in [0.25, 0.3) is 0 Å². The molecule has 0 fully saturated rings. The van der Waals surface area contributed by atoms with Gasteiger partial charge in [-0.15, -0.1) is 0 Å². The minimum Gasteiger partial charge on any atom is -0.383 e. The van der Waals surface area contributed by atoms with Crippen LogP contribution in [-0.2, 0) is 14.8 Å². The third kappa shape index (κ3) is 4.13. The first kappa shape index (κ1) is 16.8. The van der Waals surface area contributed by atoms with Gasteiger partial charge in [0.15, 0.2) is 8.68 Å². The number of rotatable bonds is 8. The maximum absolute atomic E-state index is 12.6. The molecule has 0 bridgehead atoms. The van der Waals surface area contributed by atoms with Crippen LogP contribution in [0.15, 0.2) is 10.4 Å². The van der Waals surface area contributed by atoms with Crippen molar-refractivity contribution >= 4 is 33.0 Å². The Hall–Kier alpha value is -0.210. The van der Waals surface area contributed by atoms with Gasteiger partial charge in [-0.05, 0) is 12.8 Å². The topological polar surface area (TPSA) is 59.5 Å². The summed E-state index contributed by atoms with van der Waals surface area (Å²) in [4.78, 5) is 3.80. The van der Waals surface area contributed by atoms with Crippen LogP contribution in [0.4, 0.5) is 0 Å². The highest BCUT2D eigenvalue weighted by molar-refractivity contribution is 7.91. The van der Waals surface area contributed by atoms with Crippen molar-refractivity contribution in [3.05, 3.63) is 10.7 Å². The summed E-state index contributed by atoms with van der Waals surface area (Å²) in [7, 11) is -1.99. The molecular weight excluding hydrogens is 308 g/mol. The molecule has 1 aromatic rings. The number of aromatic nitrogens is 1. The van der Waals surface area contributed by atoms with Crippen molar-refractivity contribution in [2.45, 2.75) is 36.9 Å². The van der Waals surface area contributed by atoms with E-state index in [0.29, 0.717) is 13.2 Å². The number of hydrogen-bond donors (Lipinski definition) is 0. The average Bonchev–Trinajstić information content (AvgIpc) is 2.81. The van der Waals surface area contributed by atoms with Gasteiger partial charge in [0.25, 0.3) is 10.0 Å². The molecule has 1 aromatic heterocycles. The van der Waals surface area contributed by atoms with E-state index in [4.69, 9.17) is 16.3 Å². The van der Waals surface area contributed by atoms with E-state index >= 15 is 0 Å². The maximum Gasteiger partial charge on any atom is 0.254 e. The summed E-state index contributed by atoms with van der Waals surface area (Å²) in [5, 5.41) is 0. The SMILES string of the molecule is CCC(CC)N(CCOC)S(=O)(=O)c1cnc(Cl)s1. The van der Waals surface area contributed by atoms with E-state index < -0.39 is 10.0 Å². The number of halogens is 1. The molecule has 0 atom stereocenters. The molecule has 0 saturated carbocycles. The van der Waals surface area contributed by atoms with Crippen LogP contribution in [0.2, 0.25) is 4.47 Å². The fraction of sp³-hybridized carbons (Fsp3) is 0.727. The second-order valence-corrected chi connectivity index (χ2v) is 7.74. The first-order valence-corrected chi connectivity index (χ1v) is 8.72. The summed E-state index contributed by atoms with van der Waals surface area (Å²) in [5.74, 6) is 0. The second kappa shape index (κ2) is 7.54. The number of ether oxygens (including phenoxy) is 1. The van der Waals surface area contributed by atoms with Gasteiger partial charge in [0.05, 0.1) is 12.8 Å². The Labute approximate surface area is 123 Å². The average molecular weight is 327 g/mol. The third-order valence-corrected chi connectivity index (χ3v) is 6.39. The zero-order chi connectivity index (χ0) is 14.5. The van der Waals surface area contributed by atoms with Crippen LogP contribution in [0.1, 0.15) is 26.7 Å². The largest absolute Gasteiger partial charge is 0.383 e. The molecule has 1 heterocycles. The summed E-state index contributed by atoms with van der Waals surface area (Å²) in [6, 6.07) is -0.0407. The van der Waals surface area contributed by atoms with E-state index in [1.807, 2.05) is 13.8 Å². The molecule has 0 aromatic carbocycles. The summed E-state index contributed by atoms with van der Waals surface area (Å²) in [5.41, 5.74) is 0. The number of sulfonamides is 1. The number of nitrogens with zero attached hydrogens (tertiary/aromatic N) is 2. The molecule has 8 heteroatoms. The van der Waals surface area contributed by atoms with Gasteiger partial charge in [0.2, 0.25) is 0 Å². The Balaban J connectivity index is 3.07. The maximum atomic E-state index is 12.6. The summed E-state index contributed by atoms with van der Waals surface area (Å²) < 4.78 is 32.1. The minimum atomic E-state index is -3.55. The molecule has 5 nitrogen and oxygen atoms in total. The van der Waals surface area contributed by atoms with Gasteiger partial charge in [-0.1, -0.05) is 36.8 Å². The lowest BCUT2D eigenvalue weighted by molar-refractivity contribution is 0.163. The van der Waals surface area contributed by atoms with Crippen molar-refractivity contribution in [2.75, 3.05) is 20.3 Å². The molecule has 110 valence electrons. The highest BCUT2D eigenvalue weighted by Crippen LogP contribution is 2.27. The van der Waals surface area contributed by atoms with E-state index in [0.717, 1.165) is 24.2 Å². The highest BCUT2D eigenvalue weighted by Gasteiger charge is 2.31. The van der Waals surface area contributed by atoms with Crippen LogP contribution in [-0.4, -0.2) is 44.0 Å². The zero-order valence-corrected chi connectivity index (χ0v) is 13.7. The number of methoxy groups -OCH3 is 1. The van der Waals surface area contributed by atoms with Crippen molar-refractivity contribution < 1.29 is 13.2 Å². The number of thiazole rings is 1. The Morgan fingerprint density at radius 2 is 2.11 bits per heavy atom. The van der Waals surface area contributed by atoms with E-state index in [2.05, 4.69) is 4.98 Å². The minimum absolute atomic E-state index is 0.0407. The Morgan fingerprint density at radius 3 is 2.53 bits per heavy atom. The predicted molar refractivity (Wildman–Crippen MR) is 77.3 cm³/mol. The fourth-order valence-corrected chi connectivity index (χ4v) is 5.03. The molecule has 1 rings (SSSR count). The smallest absolute Gasteiger partial charge is 0.254 e. The summed E-state index contributed by atoms with van der Waals surface area (Å²) in [6.07, 6.45) is 2.82. The molecule has 0 saturated heterocycles. The fourth-order valence-electron chi connectivity index (χ4n) is 1.85. The quantitative estimate of drug-likeness (QED) is 0.737. The molecule has 0 aliphatic heterocycles. The van der Waals surface area contributed by atoms with Crippen LogP contribution in [0.3, 0.4) is 0 Å². The molecule has 0 aliphatic carbocycles. The predicted octanol–water partition coefficient (Wildman–Crippen LogP) is 2.62. The molecule has 0 unspecified atom stereocenters. The van der Waals surface area contributed by atoms with Crippen LogP contribution < -0.4 is 0 Å². The van der Waals surface area contributed by atoms with Crippen molar-refractivity contribution in [1.29, 1.82) is 0 Å². The summed E-state index contributed by atoms with van der Waals surface area (Å²) >= 11 is 6.70. The van der Waals surface area contributed by atoms with E-state index in [1.165, 1.54) is 10.5 Å². The molecule has 0 amide bonds. The monoisotopic (exact) mass is 326 g/mol. The van der Waals surface area contributed by atoms with Gasteiger partial charge in [-0.2, -0.15) is 4.31 Å². The molecule has 0 N–H and O–H groups in total. The lowest BCUT2D eigenvalue weighted by Crippen LogP contribution is -2.41. The lowest BCUT2D eigenvalue weighted by atomic mass is 10.2. The van der Waals surface area contributed by atoms with Crippen molar-refractivity contribution in [3.63, 3.8) is 0 Å². The first-order valence-electron chi connectivity index (χ1n) is 6.09. The second-order valence-electron chi connectivity index (χ2n) is 4.01. The van der Waals surface area contributed by atoms with E-state index in [-0.39, 0.29) is 14.7 Å². The first-order chi connectivity index (χ1) is 8.97. The lowest BCUT2D eigenvalue weighted by Gasteiger charge is -2.28. The summed E-state index contributed by atoms with van der Waals surface area (Å²) in [6.45, 7) is 4.65. The van der Waals surface area contributed by atoms with Crippen molar-refractivity contribution in [2.24, 2.45) is 0 Å². The zero-order valence-electron chi connectivity index (χ0n) is 11.3. The van der Waals surface area contributed by atoms with E-state index in [9.17, 15) is 8.42 Å². The molecule has 0 aliphatic rings. The Kier molecular flexibility index (Phi) is 6.68. The Bertz CT molecular complexity index is 486. The van der Waals surface area contributed by atoms with Crippen molar-refractivity contribution in [3.8, 4) is 0 Å². The van der Waals surface area contributed by atoms with Gasteiger partial charge in [0, 0.05) is 19.7 Å². The number of hydrogen-bond acceptors (Lipinski definition) is 5. The van der Waals surface area contributed by atoms with Gasteiger partial charge >= 0.3 is 0 Å². The van der Waals surface area contributed by atoms with Gasteiger partial charge in [0.1, 0.15) is 0 Å². The van der Waals surface area contributed by atoms with Crippen LogP contribution in [0, 0.1) is 0 Å². The standard InChI is InChI=1S/C11H19ClN2O3S2/c1-4-9(5-2)14(6-7-17-3)19(15,16)10-8-13-11(12)18-10/h8-9H,4-7H2,1-3H3.